The number of amides is 3. The van der Waals surface area contributed by atoms with Crippen molar-refractivity contribution in [2.24, 2.45) is 17.6 Å². The van der Waals surface area contributed by atoms with Gasteiger partial charge in [0.15, 0.2) is 0 Å². The van der Waals surface area contributed by atoms with Gasteiger partial charge in [-0.2, -0.15) is 0 Å². The quantitative estimate of drug-likeness (QED) is 0.710. The summed E-state index contributed by atoms with van der Waals surface area (Å²) in [5.41, 5.74) is 5.67. The fourth-order valence-electron chi connectivity index (χ4n) is 3.25. The van der Waals surface area contributed by atoms with E-state index in [2.05, 4.69) is 5.32 Å². The molecule has 0 aromatic heterocycles. The maximum atomic E-state index is 12.3. The van der Waals surface area contributed by atoms with Gasteiger partial charge in [-0.05, 0) is 39.2 Å². The van der Waals surface area contributed by atoms with Crippen LogP contribution in [0.25, 0.3) is 0 Å². The normalized spacial score (nSPS) is 30.4. The van der Waals surface area contributed by atoms with Gasteiger partial charge in [-0.25, -0.2) is 0 Å². The molecule has 20 heavy (non-hydrogen) atoms. The average molecular weight is 281 g/mol. The number of rotatable bonds is 4. The van der Waals surface area contributed by atoms with E-state index in [9.17, 15) is 14.4 Å². The van der Waals surface area contributed by atoms with Crippen molar-refractivity contribution in [2.75, 3.05) is 6.54 Å². The lowest BCUT2D eigenvalue weighted by Gasteiger charge is -2.21. The van der Waals surface area contributed by atoms with Crippen molar-refractivity contribution < 1.29 is 14.4 Å². The first-order chi connectivity index (χ1) is 9.45. The molecule has 0 aromatic rings. The fraction of sp³-hybridized carbons (Fsp3) is 0.786. The van der Waals surface area contributed by atoms with Crippen LogP contribution in [0.15, 0.2) is 0 Å². The van der Waals surface area contributed by atoms with Crippen LogP contribution in [0, 0.1) is 11.8 Å². The van der Waals surface area contributed by atoms with Gasteiger partial charge in [0.1, 0.15) is 6.04 Å². The molecule has 6 heteroatoms. The molecule has 2 rings (SSSR count). The van der Waals surface area contributed by atoms with Crippen molar-refractivity contribution in [1.82, 2.24) is 10.2 Å². The first kappa shape index (κ1) is 15.0. The summed E-state index contributed by atoms with van der Waals surface area (Å²) in [6, 6.07) is -0.864. The number of hydrogen-bond donors (Lipinski definition) is 2. The van der Waals surface area contributed by atoms with E-state index in [4.69, 9.17) is 5.73 Å². The van der Waals surface area contributed by atoms with Gasteiger partial charge < -0.3 is 11.1 Å². The van der Waals surface area contributed by atoms with E-state index in [0.717, 1.165) is 19.3 Å². The second-order valence-corrected chi connectivity index (χ2v) is 5.99. The number of hydrogen-bond acceptors (Lipinski definition) is 4. The van der Waals surface area contributed by atoms with Gasteiger partial charge in [0, 0.05) is 12.0 Å². The number of likely N-dealkylation sites (tertiary alicyclic amines) is 1. The molecule has 0 radical (unpaired) electrons. The van der Waals surface area contributed by atoms with Crippen molar-refractivity contribution in [3.05, 3.63) is 0 Å². The average Bonchev–Trinajstić information content (AvgIpc) is 2.94. The maximum absolute atomic E-state index is 12.3. The SMILES string of the molecule is CC(C)N1C(=O)CC(NC(=O)[C@@H]2CCC[C@@H]2CN)C1=O. The largest absolute Gasteiger partial charge is 0.344 e. The Kier molecular flexibility index (Phi) is 4.42. The molecule has 1 saturated carbocycles. The molecule has 0 aromatic carbocycles. The molecule has 1 heterocycles. The Labute approximate surface area is 119 Å². The summed E-state index contributed by atoms with van der Waals surface area (Å²) in [7, 11) is 0. The van der Waals surface area contributed by atoms with E-state index < -0.39 is 6.04 Å². The van der Waals surface area contributed by atoms with Gasteiger partial charge in [0.25, 0.3) is 5.91 Å². The molecular formula is C14H23N3O3. The van der Waals surface area contributed by atoms with Gasteiger partial charge in [-0.3, -0.25) is 19.3 Å². The highest BCUT2D eigenvalue weighted by Crippen LogP contribution is 2.31. The third-order valence-corrected chi connectivity index (χ3v) is 4.31. The standard InChI is InChI=1S/C14H23N3O3/c1-8(2)17-12(18)6-11(14(17)20)16-13(19)10-5-3-4-9(10)7-15/h8-11H,3-7,15H2,1-2H3,(H,16,19)/t9-,10-,11?/m1/s1. The van der Waals surface area contributed by atoms with Crippen LogP contribution in [-0.4, -0.2) is 41.2 Å². The molecule has 6 nitrogen and oxygen atoms in total. The Balaban J connectivity index is 1.99. The fourth-order valence-corrected chi connectivity index (χ4v) is 3.25. The molecule has 2 aliphatic rings. The van der Waals surface area contributed by atoms with Gasteiger partial charge in [-0.1, -0.05) is 6.42 Å². The molecule has 3 amide bonds. The Morgan fingerprint density at radius 2 is 2.10 bits per heavy atom. The van der Waals surface area contributed by atoms with E-state index >= 15 is 0 Å². The molecule has 112 valence electrons. The van der Waals surface area contributed by atoms with E-state index in [1.165, 1.54) is 4.90 Å². The monoisotopic (exact) mass is 281 g/mol. The second-order valence-electron chi connectivity index (χ2n) is 5.99. The highest BCUT2D eigenvalue weighted by atomic mass is 16.2. The van der Waals surface area contributed by atoms with Crippen LogP contribution >= 0.6 is 0 Å². The van der Waals surface area contributed by atoms with Crippen molar-refractivity contribution >= 4 is 17.7 Å². The molecule has 0 bridgehead atoms. The van der Waals surface area contributed by atoms with Crippen molar-refractivity contribution in [3.63, 3.8) is 0 Å². The Morgan fingerprint density at radius 3 is 2.65 bits per heavy atom. The zero-order chi connectivity index (χ0) is 14.9. The van der Waals surface area contributed by atoms with E-state index in [1.54, 1.807) is 13.8 Å². The number of nitrogens with zero attached hydrogens (tertiary/aromatic N) is 1. The summed E-state index contributed by atoms with van der Waals surface area (Å²) in [5.74, 6) is -0.549. The molecular weight excluding hydrogens is 258 g/mol. The lowest BCUT2D eigenvalue weighted by molar-refractivity contribution is -0.141. The van der Waals surface area contributed by atoms with Crippen LogP contribution in [0.4, 0.5) is 0 Å². The van der Waals surface area contributed by atoms with Crippen LogP contribution in [0.1, 0.15) is 39.5 Å². The highest BCUT2D eigenvalue weighted by Gasteiger charge is 2.42. The zero-order valence-corrected chi connectivity index (χ0v) is 12.1. The maximum Gasteiger partial charge on any atom is 0.252 e. The topological polar surface area (TPSA) is 92.5 Å². The molecule has 3 atom stereocenters. The van der Waals surface area contributed by atoms with Crippen molar-refractivity contribution in [3.8, 4) is 0 Å². The molecule has 1 saturated heterocycles. The first-order valence-electron chi connectivity index (χ1n) is 7.32. The second kappa shape index (κ2) is 5.91. The minimum Gasteiger partial charge on any atom is -0.344 e. The summed E-state index contributed by atoms with van der Waals surface area (Å²) in [6.07, 6.45) is 2.85. The Bertz CT molecular complexity index is 422. The van der Waals surface area contributed by atoms with Crippen molar-refractivity contribution in [2.45, 2.75) is 51.6 Å². The lowest BCUT2D eigenvalue weighted by Crippen LogP contribution is -2.46. The number of imide groups is 1. The summed E-state index contributed by atoms with van der Waals surface area (Å²) in [6.45, 7) is 4.08. The molecule has 1 unspecified atom stereocenters. The zero-order valence-electron chi connectivity index (χ0n) is 12.1. The molecule has 0 spiro atoms. The summed E-state index contributed by atoms with van der Waals surface area (Å²) >= 11 is 0. The molecule has 1 aliphatic heterocycles. The predicted octanol–water partition coefficient (Wildman–Crippen LogP) is 0.0135. The third kappa shape index (κ3) is 2.70. The van der Waals surface area contributed by atoms with E-state index in [1.807, 2.05) is 0 Å². The van der Waals surface area contributed by atoms with Gasteiger partial charge in [-0.15, -0.1) is 0 Å². The number of nitrogens with one attached hydrogen (secondary N) is 1. The smallest absolute Gasteiger partial charge is 0.252 e. The predicted molar refractivity (Wildman–Crippen MR) is 73.4 cm³/mol. The van der Waals surface area contributed by atoms with E-state index in [0.29, 0.717) is 6.54 Å². The Hall–Kier alpha value is -1.43. The minimum absolute atomic E-state index is 0.0722. The minimum atomic E-state index is -0.698. The Morgan fingerprint density at radius 1 is 1.40 bits per heavy atom. The molecule has 1 aliphatic carbocycles. The van der Waals surface area contributed by atoms with Crippen molar-refractivity contribution in [1.29, 1.82) is 0 Å². The van der Waals surface area contributed by atoms with Crippen LogP contribution in [-0.2, 0) is 14.4 Å². The van der Waals surface area contributed by atoms with Crippen LogP contribution < -0.4 is 11.1 Å². The summed E-state index contributed by atoms with van der Waals surface area (Å²) in [5, 5.41) is 2.74. The molecule has 2 fully saturated rings. The number of carbonyl (C=O) groups is 3. The van der Waals surface area contributed by atoms with Crippen LogP contribution in [0.5, 0.6) is 0 Å². The highest BCUT2D eigenvalue weighted by molar-refractivity contribution is 6.07. The van der Waals surface area contributed by atoms with Gasteiger partial charge in [0.05, 0.1) is 6.42 Å². The molecule has 3 N–H and O–H groups in total. The first-order valence-corrected chi connectivity index (χ1v) is 7.32. The van der Waals surface area contributed by atoms with Gasteiger partial charge >= 0.3 is 0 Å². The number of nitrogens with two attached hydrogens (primary N) is 1. The van der Waals surface area contributed by atoms with Crippen LogP contribution in [0.2, 0.25) is 0 Å². The summed E-state index contributed by atoms with van der Waals surface area (Å²) in [4.78, 5) is 37.4. The summed E-state index contributed by atoms with van der Waals surface area (Å²) < 4.78 is 0. The number of carbonyl (C=O) groups excluding carboxylic acids is 3. The van der Waals surface area contributed by atoms with Gasteiger partial charge in [0.2, 0.25) is 11.8 Å². The van der Waals surface area contributed by atoms with Crippen LogP contribution in [0.3, 0.4) is 0 Å². The lowest BCUT2D eigenvalue weighted by atomic mass is 9.95. The third-order valence-electron chi connectivity index (χ3n) is 4.31. The van der Waals surface area contributed by atoms with E-state index in [-0.39, 0.29) is 42.0 Å².